The number of aromatic nitrogens is 1. The monoisotopic (exact) mass is 657 g/mol. The molecule has 0 aliphatic heterocycles. The Hall–Kier alpha value is -6.84. The number of benzene rings is 8. The Bertz CT molecular complexity index is 3100. The minimum absolute atomic E-state index is 0.137. The van der Waals surface area contributed by atoms with Crippen molar-refractivity contribution < 1.29 is 11.3 Å². The van der Waals surface area contributed by atoms with Gasteiger partial charge in [0.05, 0.1) is 17.9 Å². The number of rotatable bonds is 6. The largest absolute Gasteiger partial charge is 0.456 e. The third-order valence-corrected chi connectivity index (χ3v) is 9.69. The summed E-state index contributed by atoms with van der Waals surface area (Å²) >= 11 is 0. The maximum absolute atomic E-state index is 8.73. The zero-order valence-corrected chi connectivity index (χ0v) is 27.4. The smallest absolute Gasteiger partial charge is 0.135 e. The predicted molar refractivity (Wildman–Crippen MR) is 214 cm³/mol. The summed E-state index contributed by atoms with van der Waals surface area (Å²) in [7, 11) is 0. The molecule has 0 fully saturated rings. The summed E-state index contributed by atoms with van der Waals surface area (Å²) in [6, 6.07) is 54.3. The number of hydrogen-bond donors (Lipinski definition) is 0. The number of fused-ring (bicyclic) bond motifs is 6. The zero-order chi connectivity index (χ0) is 38.1. The maximum atomic E-state index is 8.73. The highest BCUT2D eigenvalue weighted by atomic mass is 16.3. The Morgan fingerprint density at radius 3 is 1.75 bits per heavy atom. The highest BCUT2D eigenvalue weighted by Gasteiger charge is 2.17. The van der Waals surface area contributed by atoms with E-state index in [1.807, 2.05) is 66.7 Å². The normalized spacial score (nSPS) is 12.9. The topological polar surface area (TPSA) is 21.3 Å². The van der Waals surface area contributed by atoms with Crippen LogP contribution in [0.25, 0.3) is 71.7 Å². The quantitative estimate of drug-likeness (QED) is 0.177. The Morgan fingerprint density at radius 1 is 0.412 bits per heavy atom. The van der Waals surface area contributed by atoms with Gasteiger partial charge < -0.3 is 13.9 Å². The fourth-order valence-corrected chi connectivity index (χ4v) is 7.29. The van der Waals surface area contributed by atoms with Crippen LogP contribution >= 0.6 is 0 Å². The van der Waals surface area contributed by atoms with Crippen LogP contribution in [-0.2, 0) is 0 Å². The van der Waals surface area contributed by atoms with Gasteiger partial charge in [0.1, 0.15) is 11.2 Å². The molecule has 2 aromatic heterocycles. The third-order valence-electron chi connectivity index (χ3n) is 9.69. The van der Waals surface area contributed by atoms with Crippen LogP contribution in [0.1, 0.15) is 6.85 Å². The molecule has 0 aliphatic rings. The van der Waals surface area contributed by atoms with E-state index < -0.39 is 6.04 Å². The number of furan rings is 1. The second kappa shape index (κ2) is 11.9. The lowest BCUT2D eigenvalue weighted by Gasteiger charge is -2.26. The summed E-state index contributed by atoms with van der Waals surface area (Å²) < 4.78 is 50.2. The molecule has 0 bridgehead atoms. The van der Waals surface area contributed by atoms with E-state index in [0.29, 0.717) is 0 Å². The Labute approximate surface area is 302 Å². The Balaban J connectivity index is 1.08. The van der Waals surface area contributed by atoms with E-state index in [0.717, 1.165) is 83.1 Å². The highest BCUT2D eigenvalue weighted by molar-refractivity contribution is 6.10. The molecule has 0 saturated heterocycles. The van der Waals surface area contributed by atoms with E-state index >= 15 is 0 Å². The average molecular weight is 658 g/mol. The first-order valence-electron chi connectivity index (χ1n) is 19.4. The molecular formula is C48H32N2O. The summed E-state index contributed by atoms with van der Waals surface area (Å²) in [5.41, 5.74) is 10.7. The van der Waals surface area contributed by atoms with Gasteiger partial charge in [0.25, 0.3) is 0 Å². The molecule has 0 aliphatic carbocycles. The SMILES string of the molecule is [2H]c1c([2H])c([2H])c(-n2c3ccccc3c3cc(-c4ccc(N(c5ccc(-c6ccccc6)cc5)c5ccc6oc7ccccc7c6c5)cc4)ccc32)c([2H])c1[2H]. The zero-order valence-electron chi connectivity index (χ0n) is 32.4. The molecule has 3 nitrogen and oxygen atoms in total. The molecule has 0 N–H and O–H groups in total. The molecule has 0 amide bonds. The van der Waals surface area contributed by atoms with Gasteiger partial charge in [-0.25, -0.2) is 0 Å². The van der Waals surface area contributed by atoms with Crippen LogP contribution < -0.4 is 4.90 Å². The molecule has 10 aromatic rings. The first-order valence-corrected chi connectivity index (χ1v) is 16.9. The highest BCUT2D eigenvalue weighted by Crippen LogP contribution is 2.41. The van der Waals surface area contributed by atoms with Crippen molar-refractivity contribution in [1.82, 2.24) is 4.57 Å². The molecule has 10 rings (SSSR count). The summed E-state index contributed by atoms with van der Waals surface area (Å²) in [5, 5.41) is 3.98. The molecule has 0 unspecified atom stereocenters. The van der Waals surface area contributed by atoms with Gasteiger partial charge in [0, 0.05) is 44.3 Å². The van der Waals surface area contributed by atoms with Crippen LogP contribution in [0.3, 0.4) is 0 Å². The molecule has 2 heterocycles. The van der Waals surface area contributed by atoms with Gasteiger partial charge in [-0.2, -0.15) is 0 Å². The standard InChI is InChI=1S/C48H32N2O/c1-3-11-33(12-4-1)34-19-24-38(25-20-34)49(40-28-30-48-44(32-40)42-16-8-10-18-47(42)51-48)39-26-21-35(22-27-39)36-23-29-46-43(31-36)41-15-7-9-17-45(41)50(46)37-13-5-2-6-14-37/h1-32H/i2D,5D,6D,13D,14D. The van der Waals surface area contributed by atoms with Gasteiger partial charge >= 0.3 is 0 Å². The lowest BCUT2D eigenvalue weighted by atomic mass is 10.0. The van der Waals surface area contributed by atoms with Gasteiger partial charge in [-0.15, -0.1) is 0 Å². The summed E-state index contributed by atoms with van der Waals surface area (Å²) in [6.07, 6.45) is 0. The molecular weight excluding hydrogens is 621 g/mol. The predicted octanol–water partition coefficient (Wildman–Crippen LogP) is 13.5. The van der Waals surface area contributed by atoms with E-state index in [4.69, 9.17) is 11.3 Å². The van der Waals surface area contributed by atoms with Gasteiger partial charge in [-0.1, -0.05) is 115 Å². The number of anilines is 3. The van der Waals surface area contributed by atoms with E-state index in [1.54, 1.807) is 4.57 Å². The average Bonchev–Trinajstić information content (AvgIpc) is 3.78. The second-order valence-electron chi connectivity index (χ2n) is 12.6. The lowest BCUT2D eigenvalue weighted by Crippen LogP contribution is -2.09. The van der Waals surface area contributed by atoms with Crippen molar-refractivity contribution >= 4 is 60.8 Å². The van der Waals surface area contributed by atoms with Crippen molar-refractivity contribution in [2.75, 3.05) is 4.90 Å². The molecule has 3 heteroatoms. The van der Waals surface area contributed by atoms with E-state index in [1.165, 1.54) is 0 Å². The van der Waals surface area contributed by atoms with Crippen molar-refractivity contribution in [1.29, 1.82) is 0 Å². The first-order chi connectivity index (χ1) is 27.4. The van der Waals surface area contributed by atoms with E-state index in [9.17, 15) is 0 Å². The van der Waals surface area contributed by atoms with E-state index in [2.05, 4.69) is 102 Å². The van der Waals surface area contributed by atoms with Crippen molar-refractivity contribution in [3.05, 3.63) is 194 Å². The fraction of sp³-hybridized carbons (Fsp3) is 0. The van der Waals surface area contributed by atoms with Crippen molar-refractivity contribution in [2.24, 2.45) is 0 Å². The van der Waals surface area contributed by atoms with Crippen molar-refractivity contribution in [3.63, 3.8) is 0 Å². The van der Waals surface area contributed by atoms with Gasteiger partial charge in [-0.3, -0.25) is 0 Å². The molecule has 0 atom stereocenters. The van der Waals surface area contributed by atoms with Crippen LogP contribution in [0.2, 0.25) is 0 Å². The van der Waals surface area contributed by atoms with Gasteiger partial charge in [-0.05, 0) is 101 Å². The summed E-state index contributed by atoms with van der Waals surface area (Å²) in [4.78, 5) is 2.26. The lowest BCUT2D eigenvalue weighted by molar-refractivity contribution is 0.669. The molecule has 240 valence electrons. The first kappa shape index (κ1) is 24.3. The maximum Gasteiger partial charge on any atom is 0.135 e. The molecule has 0 saturated carbocycles. The van der Waals surface area contributed by atoms with Crippen LogP contribution in [-0.4, -0.2) is 4.57 Å². The van der Waals surface area contributed by atoms with Crippen LogP contribution in [0.5, 0.6) is 0 Å². The molecule has 0 spiro atoms. The Kier molecular flexibility index (Phi) is 5.69. The van der Waals surface area contributed by atoms with E-state index in [-0.39, 0.29) is 29.9 Å². The van der Waals surface area contributed by atoms with Gasteiger partial charge in [0.2, 0.25) is 0 Å². The molecule has 51 heavy (non-hydrogen) atoms. The Morgan fingerprint density at radius 2 is 0.980 bits per heavy atom. The summed E-state index contributed by atoms with van der Waals surface area (Å²) in [6.45, 7) is 0. The fourth-order valence-electron chi connectivity index (χ4n) is 7.29. The number of nitrogens with zero attached hydrogens (tertiary/aromatic N) is 2. The van der Waals surface area contributed by atoms with Crippen molar-refractivity contribution in [2.45, 2.75) is 0 Å². The minimum Gasteiger partial charge on any atom is -0.456 e. The summed E-state index contributed by atoms with van der Waals surface area (Å²) in [5.74, 6) is 0. The van der Waals surface area contributed by atoms with Crippen molar-refractivity contribution in [3.8, 4) is 27.9 Å². The third kappa shape index (κ3) is 4.98. The van der Waals surface area contributed by atoms with Crippen LogP contribution in [0.15, 0.2) is 198 Å². The second-order valence-corrected chi connectivity index (χ2v) is 12.6. The van der Waals surface area contributed by atoms with Crippen LogP contribution in [0, 0.1) is 0 Å². The van der Waals surface area contributed by atoms with Crippen LogP contribution in [0.4, 0.5) is 17.1 Å². The molecule has 8 aromatic carbocycles. The number of hydrogen-bond acceptors (Lipinski definition) is 2. The molecule has 0 radical (unpaired) electrons. The minimum atomic E-state index is -0.409. The number of para-hydroxylation sites is 3. The van der Waals surface area contributed by atoms with Gasteiger partial charge in [0.15, 0.2) is 0 Å².